The molecule has 2 heteroatoms. The lowest BCUT2D eigenvalue weighted by Crippen LogP contribution is -1.88. The minimum Gasteiger partial charge on any atom is -0.508 e. The van der Waals surface area contributed by atoms with Crippen LogP contribution < -0.4 is 0 Å². The van der Waals surface area contributed by atoms with Crippen LogP contribution in [0.2, 0.25) is 0 Å². The number of para-hydroxylation sites is 1. The van der Waals surface area contributed by atoms with Crippen molar-refractivity contribution in [3.63, 3.8) is 0 Å². The quantitative estimate of drug-likeness (QED) is 0.371. The second-order valence-electron chi connectivity index (χ2n) is 5.12. The van der Waals surface area contributed by atoms with Crippen molar-refractivity contribution in [1.82, 2.24) is 4.98 Å². The number of phenolic OH excluding ortho intramolecular Hbond substituents is 1. The second-order valence-corrected chi connectivity index (χ2v) is 5.12. The first-order valence-corrected chi connectivity index (χ1v) is 6.65. The Morgan fingerprint density at radius 1 is 0.850 bits per heavy atom. The maximum absolute atomic E-state index is 9.74. The largest absolute Gasteiger partial charge is 0.508 e. The van der Waals surface area contributed by atoms with Crippen molar-refractivity contribution in [2.75, 3.05) is 0 Å². The molecule has 2 nitrogen and oxygen atoms in total. The van der Waals surface area contributed by atoms with Crippen molar-refractivity contribution in [3.8, 4) is 5.75 Å². The summed E-state index contributed by atoms with van der Waals surface area (Å²) in [6.07, 6.45) is 0. The van der Waals surface area contributed by atoms with E-state index in [2.05, 4.69) is 25.1 Å². The molecule has 1 heterocycles. The molecule has 0 radical (unpaired) electrons. The number of benzene rings is 3. The van der Waals surface area contributed by atoms with E-state index in [0.717, 1.165) is 27.2 Å². The molecule has 0 fully saturated rings. The Labute approximate surface area is 116 Å². The number of aryl methyl sites for hydroxylation is 1. The lowest BCUT2D eigenvalue weighted by Gasteiger charge is -2.09. The van der Waals surface area contributed by atoms with Crippen LogP contribution in [0.15, 0.2) is 54.6 Å². The number of phenols is 1. The van der Waals surface area contributed by atoms with Gasteiger partial charge in [0.1, 0.15) is 5.75 Å². The molecule has 0 saturated heterocycles. The summed E-state index contributed by atoms with van der Waals surface area (Å²) in [6, 6.07) is 17.8. The van der Waals surface area contributed by atoms with Gasteiger partial charge in [-0.15, -0.1) is 0 Å². The monoisotopic (exact) mass is 259 g/mol. The molecule has 0 aliphatic heterocycles. The molecule has 0 amide bonds. The number of hydrogen-bond donors (Lipinski definition) is 1. The average molecular weight is 259 g/mol. The van der Waals surface area contributed by atoms with Gasteiger partial charge in [-0.1, -0.05) is 36.4 Å². The van der Waals surface area contributed by atoms with Crippen LogP contribution in [0.4, 0.5) is 0 Å². The number of aromatic nitrogens is 1. The van der Waals surface area contributed by atoms with Gasteiger partial charge in [0, 0.05) is 16.2 Å². The van der Waals surface area contributed by atoms with Crippen molar-refractivity contribution >= 4 is 32.6 Å². The highest BCUT2D eigenvalue weighted by Crippen LogP contribution is 2.31. The van der Waals surface area contributed by atoms with Crippen LogP contribution in [-0.2, 0) is 0 Å². The first kappa shape index (κ1) is 11.2. The second kappa shape index (κ2) is 3.94. The van der Waals surface area contributed by atoms with E-state index in [-0.39, 0.29) is 5.75 Å². The van der Waals surface area contributed by atoms with Crippen LogP contribution in [0.1, 0.15) is 5.56 Å². The molecule has 0 bridgehead atoms. The van der Waals surface area contributed by atoms with Crippen LogP contribution in [0.5, 0.6) is 5.75 Å². The normalized spacial score (nSPS) is 11.4. The third-order valence-electron chi connectivity index (χ3n) is 3.92. The fourth-order valence-corrected chi connectivity index (χ4v) is 2.87. The van der Waals surface area contributed by atoms with Gasteiger partial charge >= 0.3 is 0 Å². The van der Waals surface area contributed by atoms with Crippen LogP contribution in [0, 0.1) is 6.92 Å². The Morgan fingerprint density at radius 3 is 2.55 bits per heavy atom. The molecular weight excluding hydrogens is 246 g/mol. The van der Waals surface area contributed by atoms with E-state index in [1.165, 1.54) is 10.9 Å². The molecule has 3 aromatic carbocycles. The predicted molar refractivity (Wildman–Crippen MR) is 83.2 cm³/mol. The zero-order valence-corrected chi connectivity index (χ0v) is 11.1. The van der Waals surface area contributed by atoms with Gasteiger partial charge in [-0.05, 0) is 36.1 Å². The predicted octanol–water partition coefficient (Wildman–Crippen LogP) is 4.56. The number of aromatic hydroxyl groups is 1. The third-order valence-corrected chi connectivity index (χ3v) is 3.92. The van der Waals surface area contributed by atoms with Gasteiger partial charge in [-0.25, -0.2) is 4.98 Å². The summed E-state index contributed by atoms with van der Waals surface area (Å²) in [5.41, 5.74) is 3.18. The van der Waals surface area contributed by atoms with Crippen molar-refractivity contribution in [2.24, 2.45) is 0 Å². The van der Waals surface area contributed by atoms with Crippen molar-refractivity contribution < 1.29 is 5.11 Å². The zero-order valence-electron chi connectivity index (χ0n) is 11.1. The van der Waals surface area contributed by atoms with Gasteiger partial charge in [0.25, 0.3) is 0 Å². The summed E-state index contributed by atoms with van der Waals surface area (Å²) >= 11 is 0. The van der Waals surface area contributed by atoms with Crippen molar-refractivity contribution in [3.05, 3.63) is 60.2 Å². The summed E-state index contributed by atoms with van der Waals surface area (Å²) in [7, 11) is 0. The molecule has 20 heavy (non-hydrogen) atoms. The van der Waals surface area contributed by atoms with E-state index in [9.17, 15) is 5.11 Å². The third kappa shape index (κ3) is 1.48. The fourth-order valence-electron chi connectivity index (χ4n) is 2.87. The molecule has 0 saturated carbocycles. The SMILES string of the molecule is Cc1c2ccccc2nc2c1ccc1ccc(O)cc12. The molecule has 0 unspecified atom stereocenters. The number of rotatable bonds is 0. The molecule has 1 aromatic heterocycles. The van der Waals surface area contributed by atoms with Crippen molar-refractivity contribution in [1.29, 1.82) is 0 Å². The molecule has 1 N–H and O–H groups in total. The Hall–Kier alpha value is -2.61. The number of nitrogens with zero attached hydrogens (tertiary/aromatic N) is 1. The van der Waals surface area contributed by atoms with Crippen molar-refractivity contribution in [2.45, 2.75) is 6.92 Å². The van der Waals surface area contributed by atoms with Crippen LogP contribution in [-0.4, -0.2) is 10.1 Å². The van der Waals surface area contributed by atoms with Gasteiger partial charge in [0.15, 0.2) is 0 Å². The first-order chi connectivity index (χ1) is 9.74. The Balaban J connectivity index is 2.30. The number of hydrogen-bond acceptors (Lipinski definition) is 2. The summed E-state index contributed by atoms with van der Waals surface area (Å²) in [5, 5.41) is 14.2. The lowest BCUT2D eigenvalue weighted by atomic mass is 10.00. The minimum atomic E-state index is 0.276. The molecule has 4 aromatic rings. The minimum absolute atomic E-state index is 0.276. The smallest absolute Gasteiger partial charge is 0.116 e. The van der Waals surface area contributed by atoms with E-state index >= 15 is 0 Å². The van der Waals surface area contributed by atoms with E-state index in [0.29, 0.717) is 0 Å². The average Bonchev–Trinajstić information content (AvgIpc) is 2.47. The van der Waals surface area contributed by atoms with Gasteiger partial charge in [-0.2, -0.15) is 0 Å². The van der Waals surface area contributed by atoms with Crippen LogP contribution in [0.3, 0.4) is 0 Å². The molecule has 4 rings (SSSR count). The highest BCUT2D eigenvalue weighted by atomic mass is 16.3. The highest BCUT2D eigenvalue weighted by Gasteiger charge is 2.08. The number of fused-ring (bicyclic) bond motifs is 4. The van der Waals surface area contributed by atoms with Crippen LogP contribution >= 0.6 is 0 Å². The summed E-state index contributed by atoms with van der Waals surface area (Å²) in [5.74, 6) is 0.276. The molecule has 0 atom stereocenters. The van der Waals surface area contributed by atoms with E-state index in [1.54, 1.807) is 12.1 Å². The molecule has 0 aliphatic carbocycles. The van der Waals surface area contributed by atoms with Gasteiger partial charge in [0.05, 0.1) is 11.0 Å². The molecular formula is C18H13NO. The zero-order chi connectivity index (χ0) is 13.7. The first-order valence-electron chi connectivity index (χ1n) is 6.65. The number of pyridine rings is 1. The van der Waals surface area contributed by atoms with Gasteiger partial charge < -0.3 is 5.11 Å². The standard InChI is InChI=1S/C18H13NO/c1-11-14-4-2-3-5-17(14)19-18-15(11)9-7-12-6-8-13(20)10-16(12)18/h2-10,20H,1H3. The van der Waals surface area contributed by atoms with Gasteiger partial charge in [0.2, 0.25) is 0 Å². The Bertz CT molecular complexity index is 973. The fraction of sp³-hybridized carbons (Fsp3) is 0.0556. The topological polar surface area (TPSA) is 33.1 Å². The maximum Gasteiger partial charge on any atom is 0.116 e. The van der Waals surface area contributed by atoms with E-state index in [1.807, 2.05) is 24.3 Å². The summed E-state index contributed by atoms with van der Waals surface area (Å²) in [6.45, 7) is 2.13. The maximum atomic E-state index is 9.74. The Kier molecular flexibility index (Phi) is 2.21. The summed E-state index contributed by atoms with van der Waals surface area (Å²) in [4.78, 5) is 4.80. The van der Waals surface area contributed by atoms with E-state index < -0.39 is 0 Å². The lowest BCUT2D eigenvalue weighted by molar-refractivity contribution is 0.476. The molecule has 0 aliphatic rings. The molecule has 0 spiro atoms. The highest BCUT2D eigenvalue weighted by molar-refractivity contribution is 6.10. The van der Waals surface area contributed by atoms with Gasteiger partial charge in [-0.3, -0.25) is 0 Å². The molecule has 96 valence electrons. The Morgan fingerprint density at radius 2 is 1.65 bits per heavy atom. The van der Waals surface area contributed by atoms with E-state index in [4.69, 9.17) is 4.98 Å². The van der Waals surface area contributed by atoms with Crippen LogP contribution in [0.25, 0.3) is 32.6 Å². The summed E-state index contributed by atoms with van der Waals surface area (Å²) < 4.78 is 0.